The number of rotatable bonds is 6. The predicted molar refractivity (Wildman–Crippen MR) is 66.0 cm³/mol. The molecule has 1 unspecified atom stereocenters. The molecule has 0 aliphatic rings. The molecule has 0 fully saturated rings. The maximum Gasteiger partial charge on any atom is 0.237 e. The number of benzene rings is 1. The number of carbonyl (C=O) groups excluding carboxylic acids is 1. The van der Waals surface area contributed by atoms with Gasteiger partial charge in [0.2, 0.25) is 5.91 Å². The highest BCUT2D eigenvalue weighted by Crippen LogP contribution is 2.01. The summed E-state index contributed by atoms with van der Waals surface area (Å²) < 4.78 is 0. The smallest absolute Gasteiger partial charge is 0.237 e. The van der Waals surface area contributed by atoms with Crippen molar-refractivity contribution in [2.24, 2.45) is 5.73 Å². The molecular weight excluding hydrogens is 200 g/mol. The van der Waals surface area contributed by atoms with Gasteiger partial charge in [-0.2, -0.15) is 0 Å². The van der Waals surface area contributed by atoms with Gasteiger partial charge in [0.15, 0.2) is 0 Å². The van der Waals surface area contributed by atoms with Crippen molar-refractivity contribution in [3.63, 3.8) is 0 Å². The molecule has 0 aliphatic carbocycles. The van der Waals surface area contributed by atoms with Gasteiger partial charge in [0.1, 0.15) is 0 Å². The zero-order valence-electron chi connectivity index (χ0n) is 9.78. The molecule has 0 radical (unpaired) electrons. The second kappa shape index (κ2) is 7.01. The number of nitrogens with one attached hydrogen (secondary N) is 1. The van der Waals surface area contributed by atoms with Crippen LogP contribution in [0.1, 0.15) is 25.3 Å². The van der Waals surface area contributed by atoms with E-state index in [9.17, 15) is 4.79 Å². The Kier molecular flexibility index (Phi) is 5.57. The summed E-state index contributed by atoms with van der Waals surface area (Å²) in [4.78, 5) is 11.6. The zero-order valence-corrected chi connectivity index (χ0v) is 9.78. The van der Waals surface area contributed by atoms with Crippen molar-refractivity contribution in [1.29, 1.82) is 0 Å². The number of unbranched alkanes of at least 4 members (excludes halogenated alkanes) is 1. The molecule has 0 spiro atoms. The summed E-state index contributed by atoms with van der Waals surface area (Å²) in [6.45, 7) is 2.81. The third kappa shape index (κ3) is 4.45. The second-order valence-corrected chi connectivity index (χ2v) is 3.94. The Morgan fingerprint density at radius 3 is 2.69 bits per heavy atom. The van der Waals surface area contributed by atoms with Crippen LogP contribution in [0.25, 0.3) is 0 Å². The van der Waals surface area contributed by atoms with Crippen LogP contribution in [0.2, 0.25) is 0 Å². The summed E-state index contributed by atoms with van der Waals surface area (Å²) in [5, 5.41) is 2.84. The molecule has 3 nitrogen and oxygen atoms in total. The molecule has 0 aromatic heterocycles. The predicted octanol–water partition coefficient (Wildman–Crippen LogP) is 1.47. The van der Waals surface area contributed by atoms with Crippen LogP contribution in [-0.4, -0.2) is 18.5 Å². The van der Waals surface area contributed by atoms with Crippen LogP contribution in [-0.2, 0) is 11.2 Å². The number of hydrogen-bond donors (Lipinski definition) is 2. The van der Waals surface area contributed by atoms with E-state index in [1.165, 1.54) is 0 Å². The normalized spacial score (nSPS) is 12.1. The average Bonchev–Trinajstić information content (AvgIpc) is 2.30. The van der Waals surface area contributed by atoms with Crippen LogP contribution < -0.4 is 11.1 Å². The lowest BCUT2D eigenvalue weighted by Crippen LogP contribution is -2.42. The summed E-state index contributed by atoms with van der Waals surface area (Å²) in [5.41, 5.74) is 6.92. The highest BCUT2D eigenvalue weighted by atomic mass is 16.2. The summed E-state index contributed by atoms with van der Waals surface area (Å²) in [5.74, 6) is -0.0581. The lowest BCUT2D eigenvalue weighted by atomic mass is 10.1. The van der Waals surface area contributed by atoms with E-state index in [1.54, 1.807) is 0 Å². The Bertz CT molecular complexity index is 311. The monoisotopic (exact) mass is 220 g/mol. The van der Waals surface area contributed by atoms with Crippen molar-refractivity contribution in [2.45, 2.75) is 32.2 Å². The van der Waals surface area contributed by atoms with Gasteiger partial charge in [0.05, 0.1) is 6.04 Å². The highest BCUT2D eigenvalue weighted by Gasteiger charge is 2.12. The van der Waals surface area contributed by atoms with E-state index < -0.39 is 6.04 Å². The van der Waals surface area contributed by atoms with Crippen molar-refractivity contribution in [3.05, 3.63) is 35.9 Å². The molecule has 0 saturated carbocycles. The molecule has 1 amide bonds. The first-order chi connectivity index (χ1) is 7.74. The van der Waals surface area contributed by atoms with Crippen LogP contribution in [0.4, 0.5) is 0 Å². The van der Waals surface area contributed by atoms with Gasteiger partial charge in [0.25, 0.3) is 0 Å². The third-order valence-electron chi connectivity index (χ3n) is 2.46. The van der Waals surface area contributed by atoms with E-state index in [2.05, 4.69) is 12.2 Å². The van der Waals surface area contributed by atoms with Gasteiger partial charge in [-0.15, -0.1) is 0 Å². The van der Waals surface area contributed by atoms with E-state index >= 15 is 0 Å². The van der Waals surface area contributed by atoms with Crippen LogP contribution in [0.15, 0.2) is 30.3 Å². The Hall–Kier alpha value is -1.35. The molecule has 0 heterocycles. The Balaban J connectivity index is 2.34. The highest BCUT2D eigenvalue weighted by molar-refractivity contribution is 5.81. The minimum absolute atomic E-state index is 0.0581. The fourth-order valence-corrected chi connectivity index (χ4v) is 1.48. The van der Waals surface area contributed by atoms with Crippen molar-refractivity contribution < 1.29 is 4.79 Å². The van der Waals surface area contributed by atoms with Gasteiger partial charge in [-0.3, -0.25) is 4.79 Å². The van der Waals surface area contributed by atoms with Crippen molar-refractivity contribution in [2.75, 3.05) is 6.54 Å². The number of carbonyl (C=O) groups is 1. The summed E-state index contributed by atoms with van der Waals surface area (Å²) >= 11 is 0. The van der Waals surface area contributed by atoms with Crippen molar-refractivity contribution in [3.8, 4) is 0 Å². The van der Waals surface area contributed by atoms with Crippen LogP contribution in [0.5, 0.6) is 0 Å². The largest absolute Gasteiger partial charge is 0.355 e. The Morgan fingerprint density at radius 1 is 1.38 bits per heavy atom. The van der Waals surface area contributed by atoms with E-state index in [4.69, 9.17) is 5.73 Å². The Morgan fingerprint density at radius 2 is 2.06 bits per heavy atom. The first-order valence-electron chi connectivity index (χ1n) is 5.81. The molecule has 16 heavy (non-hydrogen) atoms. The lowest BCUT2D eigenvalue weighted by molar-refractivity contribution is -0.122. The molecule has 0 aliphatic heterocycles. The molecular formula is C13H20N2O. The number of amides is 1. The van der Waals surface area contributed by atoms with Gasteiger partial charge in [-0.1, -0.05) is 43.7 Å². The van der Waals surface area contributed by atoms with Crippen molar-refractivity contribution >= 4 is 5.91 Å². The summed E-state index contributed by atoms with van der Waals surface area (Å²) in [7, 11) is 0. The molecule has 1 atom stereocenters. The minimum Gasteiger partial charge on any atom is -0.355 e. The molecule has 0 bridgehead atoms. The first-order valence-corrected chi connectivity index (χ1v) is 5.81. The van der Waals surface area contributed by atoms with Gasteiger partial charge in [0, 0.05) is 6.54 Å². The molecule has 88 valence electrons. The van der Waals surface area contributed by atoms with Crippen LogP contribution in [0.3, 0.4) is 0 Å². The maximum absolute atomic E-state index is 11.6. The third-order valence-corrected chi connectivity index (χ3v) is 2.46. The quantitative estimate of drug-likeness (QED) is 0.713. The molecule has 1 rings (SSSR count). The fraction of sp³-hybridized carbons (Fsp3) is 0.462. The van der Waals surface area contributed by atoms with Gasteiger partial charge < -0.3 is 11.1 Å². The summed E-state index contributed by atoms with van der Waals surface area (Å²) in [6, 6.07) is 9.39. The molecule has 1 aromatic carbocycles. The van der Waals surface area contributed by atoms with E-state index in [-0.39, 0.29) is 5.91 Å². The zero-order chi connectivity index (χ0) is 11.8. The van der Waals surface area contributed by atoms with E-state index in [0.29, 0.717) is 6.42 Å². The fourth-order valence-electron chi connectivity index (χ4n) is 1.48. The van der Waals surface area contributed by atoms with Crippen LogP contribution in [0, 0.1) is 0 Å². The van der Waals surface area contributed by atoms with Gasteiger partial charge in [-0.05, 0) is 18.4 Å². The van der Waals surface area contributed by atoms with E-state index in [1.807, 2.05) is 30.3 Å². The van der Waals surface area contributed by atoms with Crippen LogP contribution >= 0.6 is 0 Å². The standard InChI is InChI=1S/C13H20N2O/c1-2-3-9-15-13(16)12(14)10-11-7-5-4-6-8-11/h4-8,12H,2-3,9-10,14H2,1H3,(H,15,16). The molecule has 3 heteroatoms. The average molecular weight is 220 g/mol. The maximum atomic E-state index is 11.6. The SMILES string of the molecule is CCCCNC(=O)C(N)Cc1ccccc1. The molecule has 1 aromatic rings. The van der Waals surface area contributed by atoms with Gasteiger partial charge in [-0.25, -0.2) is 0 Å². The summed E-state index contributed by atoms with van der Waals surface area (Å²) in [6.07, 6.45) is 2.68. The Labute approximate surface area is 97.0 Å². The topological polar surface area (TPSA) is 55.1 Å². The number of nitrogens with two attached hydrogens (primary N) is 1. The first kappa shape index (κ1) is 12.7. The lowest BCUT2D eigenvalue weighted by Gasteiger charge is -2.11. The number of hydrogen-bond acceptors (Lipinski definition) is 2. The second-order valence-electron chi connectivity index (χ2n) is 3.94. The minimum atomic E-state index is -0.445. The van der Waals surface area contributed by atoms with Gasteiger partial charge >= 0.3 is 0 Å². The van der Waals surface area contributed by atoms with Crippen molar-refractivity contribution in [1.82, 2.24) is 5.32 Å². The van der Waals surface area contributed by atoms with E-state index in [0.717, 1.165) is 24.9 Å². The molecule has 3 N–H and O–H groups in total. The molecule has 0 saturated heterocycles.